The van der Waals surface area contributed by atoms with Crippen LogP contribution in [0.3, 0.4) is 0 Å². The Balaban J connectivity index is 1.91. The summed E-state index contributed by atoms with van der Waals surface area (Å²) in [5.74, 6) is -0.889. The monoisotopic (exact) mass is 297 g/mol. The van der Waals surface area contributed by atoms with E-state index in [1.54, 1.807) is 18.2 Å². The Morgan fingerprint density at radius 1 is 1.00 bits per heavy atom. The molecule has 0 amide bonds. The lowest BCUT2D eigenvalue weighted by Crippen LogP contribution is -2.14. The third-order valence-corrected chi connectivity index (χ3v) is 3.65. The molecular weight excluding hydrogens is 274 g/mol. The van der Waals surface area contributed by atoms with E-state index < -0.39 is 5.97 Å². The molecule has 0 aliphatic carbocycles. The minimum atomic E-state index is -0.889. The Bertz CT molecular complexity index is 639. The first-order valence-corrected chi connectivity index (χ1v) is 7.48. The fourth-order valence-corrected chi connectivity index (χ4v) is 2.29. The van der Waals surface area contributed by atoms with Crippen molar-refractivity contribution < 1.29 is 9.90 Å². The van der Waals surface area contributed by atoms with Crippen LogP contribution in [-0.2, 0) is 18.5 Å². The average molecular weight is 297 g/mol. The molecule has 3 heteroatoms. The van der Waals surface area contributed by atoms with E-state index in [1.165, 1.54) is 11.1 Å². The van der Waals surface area contributed by atoms with Crippen molar-refractivity contribution in [2.75, 3.05) is 0 Å². The molecule has 0 atom stereocenters. The first-order valence-electron chi connectivity index (χ1n) is 7.48. The molecule has 2 N–H and O–H groups in total. The zero-order chi connectivity index (χ0) is 16.2. The second-order valence-electron chi connectivity index (χ2n) is 6.56. The zero-order valence-electron chi connectivity index (χ0n) is 13.4. The molecule has 2 rings (SSSR count). The van der Waals surface area contributed by atoms with Gasteiger partial charge in [-0.15, -0.1) is 0 Å². The summed E-state index contributed by atoms with van der Waals surface area (Å²) in [6, 6.07) is 15.6. The number of hydrogen-bond donors (Lipinski definition) is 2. The molecule has 0 radical (unpaired) electrons. The van der Waals surface area contributed by atoms with E-state index in [-0.39, 0.29) is 5.41 Å². The lowest BCUT2D eigenvalue weighted by atomic mass is 9.87. The fourth-order valence-electron chi connectivity index (χ4n) is 2.29. The smallest absolute Gasteiger partial charge is 0.335 e. The molecule has 0 heterocycles. The first-order chi connectivity index (χ1) is 10.4. The molecule has 0 saturated heterocycles. The topological polar surface area (TPSA) is 49.3 Å². The largest absolute Gasteiger partial charge is 0.478 e. The zero-order valence-corrected chi connectivity index (χ0v) is 13.4. The molecule has 0 fully saturated rings. The maximum atomic E-state index is 10.9. The predicted octanol–water partition coefficient (Wildman–Crippen LogP) is 3.97. The summed E-state index contributed by atoms with van der Waals surface area (Å²) >= 11 is 0. The van der Waals surface area contributed by atoms with Crippen LogP contribution in [0.1, 0.15) is 47.8 Å². The first kappa shape index (κ1) is 16.2. The molecule has 0 aromatic heterocycles. The van der Waals surface area contributed by atoms with Crippen LogP contribution < -0.4 is 5.32 Å². The molecule has 3 nitrogen and oxygen atoms in total. The number of hydrogen-bond acceptors (Lipinski definition) is 2. The van der Waals surface area contributed by atoms with Gasteiger partial charge in [-0.1, -0.05) is 57.2 Å². The summed E-state index contributed by atoms with van der Waals surface area (Å²) in [6.07, 6.45) is 0. The lowest BCUT2D eigenvalue weighted by molar-refractivity contribution is 0.0696. The van der Waals surface area contributed by atoms with Crippen LogP contribution in [0, 0.1) is 0 Å². The Kier molecular flexibility index (Phi) is 4.99. The van der Waals surface area contributed by atoms with Crippen LogP contribution in [0.2, 0.25) is 0 Å². The summed E-state index contributed by atoms with van der Waals surface area (Å²) in [6.45, 7) is 8.03. The van der Waals surface area contributed by atoms with Gasteiger partial charge in [-0.2, -0.15) is 0 Å². The molecule has 116 valence electrons. The quantitative estimate of drug-likeness (QED) is 0.878. The Labute approximate surface area is 132 Å². The molecule has 0 bridgehead atoms. The molecule has 0 aliphatic heterocycles. The fraction of sp³-hybridized carbons (Fsp3) is 0.316. The van der Waals surface area contributed by atoms with E-state index in [9.17, 15) is 4.79 Å². The minimum absolute atomic E-state index is 0.170. The minimum Gasteiger partial charge on any atom is -0.478 e. The number of aromatic carboxylic acids is 1. The second-order valence-corrected chi connectivity index (χ2v) is 6.56. The van der Waals surface area contributed by atoms with E-state index in [1.807, 2.05) is 6.07 Å². The number of rotatable bonds is 5. The van der Waals surface area contributed by atoms with Crippen molar-refractivity contribution in [1.82, 2.24) is 5.32 Å². The SMILES string of the molecule is CC(C)(C)c1ccc(CNCc2cccc(C(=O)O)c2)cc1. The van der Waals surface area contributed by atoms with Gasteiger partial charge in [0.25, 0.3) is 0 Å². The van der Waals surface area contributed by atoms with Crippen molar-refractivity contribution in [2.45, 2.75) is 39.3 Å². The van der Waals surface area contributed by atoms with Crippen molar-refractivity contribution in [3.8, 4) is 0 Å². The van der Waals surface area contributed by atoms with Gasteiger partial charge in [0.15, 0.2) is 0 Å². The van der Waals surface area contributed by atoms with E-state index in [4.69, 9.17) is 5.11 Å². The Morgan fingerprint density at radius 3 is 2.23 bits per heavy atom. The maximum absolute atomic E-state index is 10.9. The predicted molar refractivity (Wildman–Crippen MR) is 89.1 cm³/mol. The summed E-state index contributed by atoms with van der Waals surface area (Å²) in [5, 5.41) is 12.3. The molecule has 0 spiro atoms. The van der Waals surface area contributed by atoms with Gasteiger partial charge < -0.3 is 10.4 Å². The molecule has 0 unspecified atom stereocenters. The third-order valence-electron chi connectivity index (χ3n) is 3.65. The highest BCUT2D eigenvalue weighted by Gasteiger charge is 2.12. The van der Waals surface area contributed by atoms with Gasteiger partial charge in [0.1, 0.15) is 0 Å². The highest BCUT2D eigenvalue weighted by Crippen LogP contribution is 2.22. The van der Waals surface area contributed by atoms with Crippen molar-refractivity contribution in [3.05, 3.63) is 70.8 Å². The summed E-state index contributed by atoms with van der Waals surface area (Å²) in [5.41, 5.74) is 4.02. The number of carboxylic acid groups (broad SMARTS) is 1. The standard InChI is InChI=1S/C19H23NO2/c1-19(2,3)17-9-7-14(8-10-17)12-20-13-15-5-4-6-16(11-15)18(21)22/h4-11,20H,12-13H2,1-3H3,(H,21,22). The van der Waals surface area contributed by atoms with Crippen LogP contribution in [0.25, 0.3) is 0 Å². The van der Waals surface area contributed by atoms with Crippen LogP contribution >= 0.6 is 0 Å². The third kappa shape index (κ3) is 4.43. The van der Waals surface area contributed by atoms with Gasteiger partial charge in [-0.05, 0) is 34.2 Å². The van der Waals surface area contributed by atoms with Crippen LogP contribution in [-0.4, -0.2) is 11.1 Å². The van der Waals surface area contributed by atoms with E-state index in [0.717, 1.165) is 12.1 Å². The van der Waals surface area contributed by atoms with E-state index in [0.29, 0.717) is 12.1 Å². The van der Waals surface area contributed by atoms with Crippen molar-refractivity contribution in [3.63, 3.8) is 0 Å². The Morgan fingerprint density at radius 2 is 1.64 bits per heavy atom. The number of nitrogens with one attached hydrogen (secondary N) is 1. The normalized spacial score (nSPS) is 11.4. The van der Waals surface area contributed by atoms with Gasteiger partial charge in [-0.25, -0.2) is 4.79 Å². The van der Waals surface area contributed by atoms with Gasteiger partial charge in [0.2, 0.25) is 0 Å². The Hall–Kier alpha value is -2.13. The van der Waals surface area contributed by atoms with Crippen LogP contribution in [0.15, 0.2) is 48.5 Å². The van der Waals surface area contributed by atoms with Gasteiger partial charge >= 0.3 is 5.97 Å². The van der Waals surface area contributed by atoms with Gasteiger partial charge in [0.05, 0.1) is 5.56 Å². The van der Waals surface area contributed by atoms with Crippen molar-refractivity contribution >= 4 is 5.97 Å². The van der Waals surface area contributed by atoms with Gasteiger partial charge in [-0.3, -0.25) is 0 Å². The van der Waals surface area contributed by atoms with Gasteiger partial charge in [0, 0.05) is 13.1 Å². The summed E-state index contributed by atoms with van der Waals surface area (Å²) < 4.78 is 0. The number of carboxylic acids is 1. The number of carbonyl (C=O) groups is 1. The summed E-state index contributed by atoms with van der Waals surface area (Å²) in [4.78, 5) is 10.9. The maximum Gasteiger partial charge on any atom is 0.335 e. The molecule has 2 aromatic carbocycles. The van der Waals surface area contributed by atoms with Crippen molar-refractivity contribution in [1.29, 1.82) is 0 Å². The van der Waals surface area contributed by atoms with E-state index in [2.05, 4.69) is 50.4 Å². The summed E-state index contributed by atoms with van der Waals surface area (Å²) in [7, 11) is 0. The highest BCUT2D eigenvalue weighted by atomic mass is 16.4. The molecular formula is C19H23NO2. The highest BCUT2D eigenvalue weighted by molar-refractivity contribution is 5.87. The molecule has 2 aromatic rings. The van der Waals surface area contributed by atoms with Crippen LogP contribution in [0.4, 0.5) is 0 Å². The van der Waals surface area contributed by atoms with E-state index >= 15 is 0 Å². The average Bonchev–Trinajstić information content (AvgIpc) is 2.47. The second kappa shape index (κ2) is 6.75. The molecule has 0 saturated carbocycles. The van der Waals surface area contributed by atoms with Crippen LogP contribution in [0.5, 0.6) is 0 Å². The lowest BCUT2D eigenvalue weighted by Gasteiger charge is -2.19. The van der Waals surface area contributed by atoms with Crippen molar-refractivity contribution in [2.24, 2.45) is 0 Å². The molecule has 0 aliphatic rings. The number of benzene rings is 2. The molecule has 22 heavy (non-hydrogen) atoms.